The molecule has 0 fully saturated rings. The molecule has 106 valence electrons. The summed E-state index contributed by atoms with van der Waals surface area (Å²) in [4.78, 5) is 1.28. The topological polar surface area (TPSA) is 9.23 Å². The lowest BCUT2D eigenvalue weighted by molar-refractivity contribution is 0.457. The lowest BCUT2D eigenvalue weighted by atomic mass is 10.2. The molecule has 0 unspecified atom stereocenters. The zero-order valence-electron chi connectivity index (χ0n) is 13.2. The molecule has 0 amide bonds. The first-order valence-corrected chi connectivity index (χ1v) is 10.8. The highest BCUT2D eigenvalue weighted by Crippen LogP contribution is 2.39. The molecule has 1 rings (SSSR count). The number of thioether (sulfide) groups is 1. The van der Waals surface area contributed by atoms with Crippen molar-refractivity contribution in [2.75, 3.05) is 6.26 Å². The van der Waals surface area contributed by atoms with Crippen molar-refractivity contribution in [1.29, 1.82) is 0 Å². The van der Waals surface area contributed by atoms with Crippen molar-refractivity contribution in [3.8, 4) is 0 Å². The summed E-state index contributed by atoms with van der Waals surface area (Å²) in [6.07, 6.45) is 4.17. The maximum Gasteiger partial charge on any atom is 0.250 e. The summed E-state index contributed by atoms with van der Waals surface area (Å²) in [6, 6.07) is 8.60. The normalized spacial score (nSPS) is 13.5. The Morgan fingerprint density at radius 1 is 1.16 bits per heavy atom. The molecule has 0 bridgehead atoms. The molecule has 0 aliphatic carbocycles. The predicted octanol–water partition coefficient (Wildman–Crippen LogP) is 5.79. The van der Waals surface area contributed by atoms with Crippen LogP contribution in [0.15, 0.2) is 35.2 Å². The van der Waals surface area contributed by atoms with E-state index in [0.717, 1.165) is 5.76 Å². The first-order valence-electron chi connectivity index (χ1n) is 6.71. The van der Waals surface area contributed by atoms with Crippen LogP contribution in [-0.4, -0.2) is 14.6 Å². The summed E-state index contributed by atoms with van der Waals surface area (Å²) in [5, 5.41) is 0.223. The maximum absolute atomic E-state index is 6.40. The fraction of sp³-hybridized carbons (Fsp3) is 0.500. The third-order valence-corrected chi connectivity index (χ3v) is 8.89. The van der Waals surface area contributed by atoms with Gasteiger partial charge in [0.2, 0.25) is 8.32 Å². The van der Waals surface area contributed by atoms with Crippen LogP contribution in [0.25, 0.3) is 5.76 Å². The summed E-state index contributed by atoms with van der Waals surface area (Å²) in [5.74, 6) is 1.01. The van der Waals surface area contributed by atoms with Crippen LogP contribution in [0.1, 0.15) is 33.3 Å². The van der Waals surface area contributed by atoms with Gasteiger partial charge in [0.15, 0.2) is 0 Å². The Balaban J connectivity index is 2.96. The predicted molar refractivity (Wildman–Crippen MR) is 90.2 cm³/mol. The van der Waals surface area contributed by atoms with Crippen LogP contribution in [0.5, 0.6) is 0 Å². The van der Waals surface area contributed by atoms with Gasteiger partial charge in [-0.15, -0.1) is 11.8 Å². The Kier molecular flexibility index (Phi) is 5.33. The van der Waals surface area contributed by atoms with Gasteiger partial charge in [0.05, 0.1) is 0 Å². The van der Waals surface area contributed by atoms with Gasteiger partial charge in [-0.3, -0.25) is 0 Å². The number of rotatable bonds is 4. The molecule has 0 heterocycles. The van der Waals surface area contributed by atoms with Crippen molar-refractivity contribution >= 4 is 25.8 Å². The molecule has 0 aromatic heterocycles. The smallest absolute Gasteiger partial charge is 0.250 e. The minimum Gasteiger partial charge on any atom is -0.543 e. The molecule has 0 radical (unpaired) electrons. The molecule has 1 aromatic carbocycles. The van der Waals surface area contributed by atoms with Gasteiger partial charge in [-0.25, -0.2) is 0 Å². The molecule has 1 nitrogen and oxygen atoms in total. The maximum atomic E-state index is 6.40. The Hall–Kier alpha value is -0.673. The SMILES string of the molecule is C/C=C(\O[Si](C)(C)C(C)(C)C)c1ccc(SC)cc1. The largest absolute Gasteiger partial charge is 0.543 e. The van der Waals surface area contributed by atoms with E-state index in [-0.39, 0.29) is 5.04 Å². The van der Waals surface area contributed by atoms with Crippen molar-refractivity contribution in [2.45, 2.75) is 50.7 Å². The molecule has 1 aromatic rings. The molecule has 3 heteroatoms. The van der Waals surface area contributed by atoms with Gasteiger partial charge in [0.1, 0.15) is 5.76 Å². The Bertz CT molecular complexity index is 441. The first kappa shape index (κ1) is 16.4. The van der Waals surface area contributed by atoms with Crippen molar-refractivity contribution in [2.24, 2.45) is 0 Å². The average Bonchev–Trinajstić information content (AvgIpc) is 2.35. The number of hydrogen-bond acceptors (Lipinski definition) is 2. The fourth-order valence-corrected chi connectivity index (χ4v) is 2.97. The van der Waals surface area contributed by atoms with Gasteiger partial charge in [-0.1, -0.05) is 32.9 Å². The van der Waals surface area contributed by atoms with Gasteiger partial charge in [0.25, 0.3) is 0 Å². The number of benzene rings is 1. The van der Waals surface area contributed by atoms with E-state index in [1.165, 1.54) is 10.5 Å². The average molecular weight is 295 g/mol. The third-order valence-electron chi connectivity index (χ3n) is 3.81. The molecule has 0 aliphatic heterocycles. The van der Waals surface area contributed by atoms with Gasteiger partial charge >= 0.3 is 0 Å². The van der Waals surface area contributed by atoms with Gasteiger partial charge in [0, 0.05) is 10.5 Å². The zero-order chi connectivity index (χ0) is 14.7. The standard InChI is InChI=1S/C16H26OSSi/c1-8-15(17-19(6,7)16(2,3)4)13-9-11-14(18-5)12-10-13/h8-12H,1-7H3/b15-8-. The monoisotopic (exact) mass is 294 g/mol. The second-order valence-corrected chi connectivity index (χ2v) is 11.8. The molecule has 0 aliphatic rings. The zero-order valence-corrected chi connectivity index (χ0v) is 15.0. The van der Waals surface area contributed by atoms with Crippen LogP contribution in [-0.2, 0) is 4.43 Å². The fourth-order valence-electron chi connectivity index (χ4n) is 1.47. The quantitative estimate of drug-likeness (QED) is 0.395. The van der Waals surface area contributed by atoms with E-state index in [2.05, 4.69) is 70.5 Å². The van der Waals surface area contributed by atoms with E-state index >= 15 is 0 Å². The van der Waals surface area contributed by atoms with E-state index in [0.29, 0.717) is 0 Å². The van der Waals surface area contributed by atoms with Gasteiger partial charge in [-0.05, 0) is 49.5 Å². The van der Waals surface area contributed by atoms with E-state index in [9.17, 15) is 0 Å². The molecule has 0 spiro atoms. The van der Waals surface area contributed by atoms with Crippen molar-refractivity contribution < 1.29 is 4.43 Å². The van der Waals surface area contributed by atoms with Crippen LogP contribution < -0.4 is 0 Å². The van der Waals surface area contributed by atoms with E-state index in [4.69, 9.17) is 4.43 Å². The van der Waals surface area contributed by atoms with Gasteiger partial charge < -0.3 is 4.43 Å². The first-order chi connectivity index (χ1) is 8.71. The van der Waals surface area contributed by atoms with Crippen molar-refractivity contribution in [1.82, 2.24) is 0 Å². The molecule has 0 N–H and O–H groups in total. The lowest BCUT2D eigenvalue weighted by Gasteiger charge is -2.37. The highest BCUT2D eigenvalue weighted by molar-refractivity contribution is 7.98. The van der Waals surface area contributed by atoms with E-state index < -0.39 is 8.32 Å². The summed E-state index contributed by atoms with van der Waals surface area (Å²) < 4.78 is 6.40. The summed E-state index contributed by atoms with van der Waals surface area (Å²) in [6.45, 7) is 13.4. The van der Waals surface area contributed by atoms with Crippen LogP contribution >= 0.6 is 11.8 Å². The number of hydrogen-bond donors (Lipinski definition) is 0. The molecular formula is C16H26OSSi. The molecule has 0 saturated carbocycles. The highest BCUT2D eigenvalue weighted by atomic mass is 32.2. The van der Waals surface area contributed by atoms with Gasteiger partial charge in [-0.2, -0.15) is 0 Å². The Morgan fingerprint density at radius 2 is 1.68 bits per heavy atom. The highest BCUT2D eigenvalue weighted by Gasteiger charge is 2.39. The number of allylic oxidation sites excluding steroid dienone is 1. The van der Waals surface area contributed by atoms with E-state index in [1.807, 2.05) is 6.92 Å². The molecule has 0 atom stereocenters. The third kappa shape index (κ3) is 4.15. The van der Waals surface area contributed by atoms with Crippen LogP contribution in [0.3, 0.4) is 0 Å². The van der Waals surface area contributed by atoms with Crippen molar-refractivity contribution in [3.05, 3.63) is 35.9 Å². The van der Waals surface area contributed by atoms with Crippen LogP contribution in [0.2, 0.25) is 18.1 Å². The minimum atomic E-state index is -1.77. The van der Waals surface area contributed by atoms with Crippen LogP contribution in [0, 0.1) is 0 Å². The second-order valence-electron chi connectivity index (χ2n) is 6.24. The Morgan fingerprint density at radius 3 is 2.05 bits per heavy atom. The lowest BCUT2D eigenvalue weighted by Crippen LogP contribution is -2.40. The van der Waals surface area contributed by atoms with Crippen molar-refractivity contribution in [3.63, 3.8) is 0 Å². The molecule has 19 heavy (non-hydrogen) atoms. The molecule has 0 saturated heterocycles. The summed E-state index contributed by atoms with van der Waals surface area (Å²) in [7, 11) is -1.77. The summed E-state index contributed by atoms with van der Waals surface area (Å²) in [5.41, 5.74) is 1.17. The minimum absolute atomic E-state index is 0.223. The molecular weight excluding hydrogens is 268 g/mol. The second kappa shape index (κ2) is 6.19. The van der Waals surface area contributed by atoms with E-state index in [1.54, 1.807) is 11.8 Å². The van der Waals surface area contributed by atoms with Crippen LogP contribution in [0.4, 0.5) is 0 Å². The Labute approximate surface area is 123 Å². The summed E-state index contributed by atoms with van der Waals surface area (Å²) >= 11 is 1.76.